The summed E-state index contributed by atoms with van der Waals surface area (Å²) in [6, 6.07) is 0. The summed E-state index contributed by atoms with van der Waals surface area (Å²) >= 11 is 0. The van der Waals surface area contributed by atoms with Crippen LogP contribution in [0.25, 0.3) is 0 Å². The second-order valence-electron chi connectivity index (χ2n) is 2.66. The van der Waals surface area contributed by atoms with Gasteiger partial charge >= 0.3 is 0 Å². The Kier molecular flexibility index (Phi) is 4.54. The molecule has 0 aliphatic heterocycles. The molecule has 3 nitrogen and oxygen atoms in total. The van der Waals surface area contributed by atoms with Crippen LogP contribution in [0.4, 0.5) is 0 Å². The summed E-state index contributed by atoms with van der Waals surface area (Å²) in [7, 11) is 0. The highest BCUT2D eigenvalue weighted by Gasteiger charge is 2.01. The van der Waals surface area contributed by atoms with Gasteiger partial charge in [-0.25, -0.2) is 0 Å². The Labute approximate surface area is 67.4 Å². The molecule has 0 bridgehead atoms. The quantitative estimate of drug-likeness (QED) is 0.583. The van der Waals surface area contributed by atoms with Gasteiger partial charge in [0.15, 0.2) is 0 Å². The molecule has 1 amide bonds. The highest BCUT2D eigenvalue weighted by atomic mass is 16.1. The first kappa shape index (κ1) is 10.2. The Hall–Kier alpha value is -0.830. The summed E-state index contributed by atoms with van der Waals surface area (Å²) in [5.41, 5.74) is 12.1. The number of carbonyl (C=O) groups excluding carboxylic acids is 1. The number of primary amides is 1. The Bertz CT molecular complexity index is 173. The lowest BCUT2D eigenvalue weighted by molar-refractivity contribution is -0.114. The normalized spacial score (nSPS) is 12.6. The van der Waals surface area contributed by atoms with Crippen LogP contribution in [0.5, 0.6) is 0 Å². The largest absolute Gasteiger partial charge is 0.366 e. The summed E-state index contributed by atoms with van der Waals surface area (Å²) < 4.78 is 0. The fourth-order valence-corrected chi connectivity index (χ4v) is 0.765. The molecule has 0 heterocycles. The van der Waals surface area contributed by atoms with Crippen molar-refractivity contribution in [2.45, 2.75) is 26.7 Å². The molecule has 0 aliphatic rings. The molecule has 0 aliphatic carbocycles. The topological polar surface area (TPSA) is 69.1 Å². The summed E-state index contributed by atoms with van der Waals surface area (Å²) in [4.78, 5) is 10.6. The van der Waals surface area contributed by atoms with Crippen molar-refractivity contribution < 1.29 is 4.79 Å². The van der Waals surface area contributed by atoms with E-state index in [1.54, 1.807) is 6.92 Å². The molecule has 0 fully saturated rings. The third-order valence-electron chi connectivity index (χ3n) is 1.77. The smallest absolute Gasteiger partial charge is 0.244 e. The average Bonchev–Trinajstić information content (AvgIpc) is 1.98. The van der Waals surface area contributed by atoms with E-state index in [-0.39, 0.29) is 5.91 Å². The van der Waals surface area contributed by atoms with Gasteiger partial charge in [-0.15, -0.1) is 0 Å². The molecule has 0 saturated heterocycles. The van der Waals surface area contributed by atoms with Crippen molar-refractivity contribution in [2.75, 3.05) is 6.54 Å². The molecule has 0 atom stereocenters. The molecule has 0 aromatic heterocycles. The van der Waals surface area contributed by atoms with Crippen molar-refractivity contribution in [1.29, 1.82) is 0 Å². The van der Waals surface area contributed by atoms with Gasteiger partial charge in [0, 0.05) is 5.57 Å². The van der Waals surface area contributed by atoms with Crippen LogP contribution in [0, 0.1) is 0 Å². The average molecular weight is 156 g/mol. The highest BCUT2D eigenvalue weighted by Crippen LogP contribution is 2.08. The first-order chi connectivity index (χ1) is 5.09. The van der Waals surface area contributed by atoms with Gasteiger partial charge in [0.2, 0.25) is 5.91 Å². The highest BCUT2D eigenvalue weighted by molar-refractivity contribution is 5.91. The minimum absolute atomic E-state index is 0.334. The van der Waals surface area contributed by atoms with Crippen LogP contribution in [0.2, 0.25) is 0 Å². The van der Waals surface area contributed by atoms with Gasteiger partial charge in [0.05, 0.1) is 0 Å². The Morgan fingerprint density at radius 2 is 1.91 bits per heavy atom. The van der Waals surface area contributed by atoms with Crippen LogP contribution in [0.15, 0.2) is 11.1 Å². The first-order valence-electron chi connectivity index (χ1n) is 3.75. The van der Waals surface area contributed by atoms with Crippen LogP contribution in [0.1, 0.15) is 26.7 Å². The fraction of sp³-hybridized carbons (Fsp3) is 0.625. The summed E-state index contributed by atoms with van der Waals surface area (Å²) in [5, 5.41) is 0. The second-order valence-corrected chi connectivity index (χ2v) is 2.66. The molecule has 64 valence electrons. The Morgan fingerprint density at radius 3 is 2.27 bits per heavy atom. The van der Waals surface area contributed by atoms with Crippen molar-refractivity contribution >= 4 is 5.91 Å². The summed E-state index contributed by atoms with van der Waals surface area (Å²) in [6.07, 6.45) is 1.78. The SMILES string of the molecule is CC(CCCN)=C(C)C(N)=O. The molecule has 0 aromatic rings. The lowest BCUT2D eigenvalue weighted by atomic mass is 10.1. The monoisotopic (exact) mass is 156 g/mol. The van der Waals surface area contributed by atoms with E-state index in [1.165, 1.54) is 0 Å². The molecule has 11 heavy (non-hydrogen) atoms. The number of hydrogen-bond donors (Lipinski definition) is 2. The van der Waals surface area contributed by atoms with Crippen LogP contribution in [-0.4, -0.2) is 12.5 Å². The van der Waals surface area contributed by atoms with E-state index < -0.39 is 0 Å². The number of carbonyl (C=O) groups is 1. The molecular formula is C8H16N2O. The van der Waals surface area contributed by atoms with Gasteiger partial charge in [-0.05, 0) is 33.2 Å². The van der Waals surface area contributed by atoms with Crippen molar-refractivity contribution in [1.82, 2.24) is 0 Å². The Morgan fingerprint density at radius 1 is 1.36 bits per heavy atom. The van der Waals surface area contributed by atoms with Crippen LogP contribution in [0.3, 0.4) is 0 Å². The van der Waals surface area contributed by atoms with Crippen molar-refractivity contribution in [3.8, 4) is 0 Å². The first-order valence-corrected chi connectivity index (χ1v) is 3.75. The minimum atomic E-state index is -0.334. The van der Waals surface area contributed by atoms with Crippen molar-refractivity contribution in [2.24, 2.45) is 11.5 Å². The maximum Gasteiger partial charge on any atom is 0.244 e. The molecule has 0 spiro atoms. The van der Waals surface area contributed by atoms with E-state index in [9.17, 15) is 4.79 Å². The summed E-state index contributed by atoms with van der Waals surface area (Å²) in [6.45, 7) is 4.31. The van der Waals surface area contributed by atoms with E-state index in [2.05, 4.69) is 0 Å². The maximum absolute atomic E-state index is 10.6. The molecule has 0 radical (unpaired) electrons. The van der Waals surface area contributed by atoms with Gasteiger partial charge in [-0.1, -0.05) is 5.57 Å². The zero-order chi connectivity index (χ0) is 8.85. The summed E-state index contributed by atoms with van der Waals surface area (Å²) in [5.74, 6) is -0.334. The minimum Gasteiger partial charge on any atom is -0.366 e. The number of rotatable bonds is 4. The van der Waals surface area contributed by atoms with Gasteiger partial charge in [0.25, 0.3) is 0 Å². The molecule has 0 saturated carbocycles. The number of nitrogens with two attached hydrogens (primary N) is 2. The third kappa shape index (κ3) is 3.78. The zero-order valence-electron chi connectivity index (χ0n) is 7.18. The maximum atomic E-state index is 10.6. The van der Waals surface area contributed by atoms with E-state index in [1.807, 2.05) is 6.92 Å². The van der Waals surface area contributed by atoms with Crippen LogP contribution >= 0.6 is 0 Å². The van der Waals surface area contributed by atoms with E-state index in [0.717, 1.165) is 18.4 Å². The third-order valence-corrected chi connectivity index (χ3v) is 1.77. The molecular weight excluding hydrogens is 140 g/mol. The van der Waals surface area contributed by atoms with Gasteiger partial charge in [-0.2, -0.15) is 0 Å². The second kappa shape index (κ2) is 4.91. The molecule has 0 unspecified atom stereocenters. The molecule has 0 aromatic carbocycles. The Balaban J connectivity index is 4.05. The number of amides is 1. The van der Waals surface area contributed by atoms with Gasteiger partial charge < -0.3 is 11.5 Å². The zero-order valence-corrected chi connectivity index (χ0v) is 7.18. The van der Waals surface area contributed by atoms with Crippen LogP contribution in [-0.2, 0) is 4.79 Å². The lowest BCUT2D eigenvalue weighted by Gasteiger charge is -2.02. The predicted octanol–water partition coefficient (Wildman–Crippen LogP) is 0.547. The number of allylic oxidation sites excluding steroid dienone is 1. The number of hydrogen-bond acceptors (Lipinski definition) is 2. The standard InChI is InChI=1S/C8H16N2O/c1-6(4-3-5-9)7(2)8(10)11/h3-5,9H2,1-2H3,(H2,10,11). The molecule has 3 heteroatoms. The van der Waals surface area contributed by atoms with E-state index >= 15 is 0 Å². The van der Waals surface area contributed by atoms with Gasteiger partial charge in [0.1, 0.15) is 0 Å². The van der Waals surface area contributed by atoms with Crippen molar-refractivity contribution in [3.63, 3.8) is 0 Å². The van der Waals surface area contributed by atoms with Gasteiger partial charge in [-0.3, -0.25) is 4.79 Å². The fourth-order valence-electron chi connectivity index (χ4n) is 0.765. The molecule has 0 rings (SSSR count). The predicted molar refractivity (Wildman–Crippen MR) is 45.9 cm³/mol. The lowest BCUT2D eigenvalue weighted by Crippen LogP contribution is -2.13. The molecule has 4 N–H and O–H groups in total. The van der Waals surface area contributed by atoms with Crippen LogP contribution < -0.4 is 11.5 Å². The van der Waals surface area contributed by atoms with Crippen molar-refractivity contribution in [3.05, 3.63) is 11.1 Å². The van der Waals surface area contributed by atoms with E-state index in [0.29, 0.717) is 12.1 Å². The van der Waals surface area contributed by atoms with E-state index in [4.69, 9.17) is 11.5 Å².